The molecule has 0 aliphatic heterocycles. The van der Waals surface area contributed by atoms with Gasteiger partial charge in [0.25, 0.3) is 5.91 Å². The summed E-state index contributed by atoms with van der Waals surface area (Å²) in [7, 11) is 1.53. The van der Waals surface area contributed by atoms with Gasteiger partial charge < -0.3 is 4.90 Å². The minimum absolute atomic E-state index is 0.201. The van der Waals surface area contributed by atoms with E-state index in [1.165, 1.54) is 36.2 Å². The fourth-order valence-corrected chi connectivity index (χ4v) is 2.00. The van der Waals surface area contributed by atoms with Crippen LogP contribution >= 0.6 is 0 Å². The summed E-state index contributed by atoms with van der Waals surface area (Å²) < 4.78 is 39.3. The molecule has 0 fully saturated rings. The average Bonchev–Trinajstić information content (AvgIpc) is 2.47. The zero-order valence-corrected chi connectivity index (χ0v) is 11.6. The highest BCUT2D eigenvalue weighted by atomic mass is 19.2. The summed E-state index contributed by atoms with van der Waals surface area (Å²) >= 11 is 0. The van der Waals surface area contributed by atoms with Crippen molar-refractivity contribution < 1.29 is 18.0 Å². The molecule has 0 bridgehead atoms. The quantitative estimate of drug-likeness (QED) is 0.839. The molecule has 110 valence electrons. The van der Waals surface area contributed by atoms with Gasteiger partial charge >= 0.3 is 0 Å². The van der Waals surface area contributed by atoms with E-state index in [0.717, 1.165) is 18.2 Å². The van der Waals surface area contributed by atoms with Crippen LogP contribution in [0.4, 0.5) is 13.2 Å². The van der Waals surface area contributed by atoms with Gasteiger partial charge in [-0.15, -0.1) is 0 Å². The maximum atomic E-state index is 13.3. The number of amides is 1. The van der Waals surface area contributed by atoms with Gasteiger partial charge in [0.1, 0.15) is 5.82 Å². The number of rotatable bonds is 3. The number of carbonyl (C=O) groups excluding carboxylic acids is 1. The maximum Gasteiger partial charge on any atom is 0.254 e. The number of halogens is 3. The smallest absolute Gasteiger partial charge is 0.254 e. The highest BCUT2D eigenvalue weighted by Crippen LogP contribution is 2.22. The Labute approximate surface area is 120 Å². The van der Waals surface area contributed by atoms with Crippen molar-refractivity contribution in [2.45, 2.75) is 13.0 Å². The molecule has 0 aliphatic carbocycles. The molecule has 1 atom stereocenters. The number of carbonyl (C=O) groups is 1. The van der Waals surface area contributed by atoms with E-state index in [9.17, 15) is 18.0 Å². The molecule has 0 heterocycles. The van der Waals surface area contributed by atoms with Crippen molar-refractivity contribution in [1.29, 1.82) is 0 Å². The minimum atomic E-state index is -0.967. The number of nitrogens with zero attached hydrogens (tertiary/aromatic N) is 1. The second-order valence-electron chi connectivity index (χ2n) is 4.78. The number of hydrogen-bond acceptors (Lipinski definition) is 1. The second-order valence-corrected chi connectivity index (χ2v) is 4.78. The Morgan fingerprint density at radius 2 is 1.76 bits per heavy atom. The molecule has 2 aromatic carbocycles. The zero-order chi connectivity index (χ0) is 15.6. The SMILES string of the molecule is CC(c1ccc(F)c(F)c1)N(C)C(=O)c1cccc(F)c1. The van der Waals surface area contributed by atoms with Crippen LogP contribution < -0.4 is 0 Å². The summed E-state index contributed by atoms with van der Waals surface area (Å²) in [6.07, 6.45) is 0. The molecule has 0 aliphatic rings. The summed E-state index contributed by atoms with van der Waals surface area (Å²) in [4.78, 5) is 13.6. The predicted molar refractivity (Wildman–Crippen MR) is 73.3 cm³/mol. The lowest BCUT2D eigenvalue weighted by molar-refractivity contribution is 0.0742. The lowest BCUT2D eigenvalue weighted by Crippen LogP contribution is -2.29. The molecule has 0 aromatic heterocycles. The Bertz CT molecular complexity index is 672. The zero-order valence-electron chi connectivity index (χ0n) is 11.6. The van der Waals surface area contributed by atoms with Gasteiger partial charge in [0, 0.05) is 12.6 Å². The molecule has 1 amide bonds. The van der Waals surface area contributed by atoms with Gasteiger partial charge in [-0.1, -0.05) is 12.1 Å². The Kier molecular flexibility index (Phi) is 4.31. The maximum absolute atomic E-state index is 13.3. The fraction of sp³-hybridized carbons (Fsp3) is 0.188. The summed E-state index contributed by atoms with van der Waals surface area (Å²) in [6.45, 7) is 1.68. The van der Waals surface area contributed by atoms with Crippen LogP contribution in [0.1, 0.15) is 28.9 Å². The van der Waals surface area contributed by atoms with E-state index >= 15 is 0 Å². The van der Waals surface area contributed by atoms with Crippen molar-refractivity contribution in [2.24, 2.45) is 0 Å². The summed E-state index contributed by atoms with van der Waals surface area (Å²) in [6, 6.07) is 8.33. The summed E-state index contributed by atoms with van der Waals surface area (Å²) in [5.41, 5.74) is 0.660. The van der Waals surface area contributed by atoms with Crippen molar-refractivity contribution in [2.75, 3.05) is 7.05 Å². The minimum Gasteiger partial charge on any atom is -0.335 e. The molecule has 5 heteroatoms. The first-order chi connectivity index (χ1) is 9.90. The predicted octanol–water partition coefficient (Wildman–Crippen LogP) is 3.94. The van der Waals surface area contributed by atoms with Gasteiger partial charge in [-0.05, 0) is 42.8 Å². The van der Waals surface area contributed by atoms with Crippen molar-refractivity contribution in [1.82, 2.24) is 4.90 Å². The third-order valence-electron chi connectivity index (χ3n) is 3.40. The monoisotopic (exact) mass is 293 g/mol. The van der Waals surface area contributed by atoms with Crippen molar-refractivity contribution >= 4 is 5.91 Å². The molecule has 2 rings (SSSR count). The van der Waals surface area contributed by atoms with Crippen LogP contribution in [0, 0.1) is 17.5 Å². The van der Waals surface area contributed by atoms with Gasteiger partial charge in [-0.2, -0.15) is 0 Å². The lowest BCUT2D eigenvalue weighted by atomic mass is 10.1. The van der Waals surface area contributed by atoms with E-state index in [1.807, 2.05) is 0 Å². The molecule has 0 N–H and O–H groups in total. The van der Waals surface area contributed by atoms with Crippen LogP contribution in [0.2, 0.25) is 0 Å². The van der Waals surface area contributed by atoms with Gasteiger partial charge in [-0.25, -0.2) is 13.2 Å². The van der Waals surface area contributed by atoms with Crippen LogP contribution in [0.25, 0.3) is 0 Å². The molecule has 0 saturated carbocycles. The van der Waals surface area contributed by atoms with Crippen molar-refractivity contribution in [3.05, 3.63) is 71.0 Å². The highest BCUT2D eigenvalue weighted by molar-refractivity contribution is 5.94. The van der Waals surface area contributed by atoms with Gasteiger partial charge in [0.05, 0.1) is 6.04 Å². The lowest BCUT2D eigenvalue weighted by Gasteiger charge is -2.25. The molecular weight excluding hydrogens is 279 g/mol. The standard InChI is InChI=1S/C16H14F3NO/c1-10(11-6-7-14(18)15(19)9-11)20(2)16(21)12-4-3-5-13(17)8-12/h3-10H,1-2H3. The Morgan fingerprint density at radius 3 is 2.38 bits per heavy atom. The normalized spacial score (nSPS) is 12.0. The molecular formula is C16H14F3NO. The van der Waals surface area contributed by atoms with Gasteiger partial charge in [-0.3, -0.25) is 4.79 Å². The molecule has 21 heavy (non-hydrogen) atoms. The van der Waals surface area contributed by atoms with E-state index < -0.39 is 29.4 Å². The van der Waals surface area contributed by atoms with Crippen molar-refractivity contribution in [3.8, 4) is 0 Å². The molecule has 0 saturated heterocycles. The van der Waals surface area contributed by atoms with E-state index in [4.69, 9.17) is 0 Å². The van der Waals surface area contributed by atoms with Crippen LogP contribution in [0.3, 0.4) is 0 Å². The van der Waals surface area contributed by atoms with Gasteiger partial charge in [0.15, 0.2) is 11.6 Å². The molecule has 2 nitrogen and oxygen atoms in total. The molecule has 1 unspecified atom stereocenters. The Hall–Kier alpha value is -2.30. The van der Waals surface area contributed by atoms with E-state index in [-0.39, 0.29) is 5.56 Å². The number of benzene rings is 2. The van der Waals surface area contributed by atoms with Crippen LogP contribution in [0.15, 0.2) is 42.5 Å². The largest absolute Gasteiger partial charge is 0.335 e. The van der Waals surface area contributed by atoms with E-state index in [1.54, 1.807) is 6.92 Å². The average molecular weight is 293 g/mol. The number of hydrogen-bond donors (Lipinski definition) is 0. The van der Waals surface area contributed by atoms with Crippen LogP contribution in [-0.2, 0) is 0 Å². The first-order valence-electron chi connectivity index (χ1n) is 6.38. The molecule has 0 radical (unpaired) electrons. The van der Waals surface area contributed by atoms with Crippen LogP contribution in [0.5, 0.6) is 0 Å². The summed E-state index contributed by atoms with van der Waals surface area (Å²) in [5, 5.41) is 0. The highest BCUT2D eigenvalue weighted by Gasteiger charge is 2.20. The third kappa shape index (κ3) is 3.24. The molecule has 2 aromatic rings. The Morgan fingerprint density at radius 1 is 1.05 bits per heavy atom. The van der Waals surface area contributed by atoms with Gasteiger partial charge in [0.2, 0.25) is 0 Å². The Balaban J connectivity index is 2.24. The van der Waals surface area contributed by atoms with E-state index in [2.05, 4.69) is 0 Å². The topological polar surface area (TPSA) is 20.3 Å². The first-order valence-corrected chi connectivity index (χ1v) is 6.38. The van der Waals surface area contributed by atoms with Crippen molar-refractivity contribution in [3.63, 3.8) is 0 Å². The summed E-state index contributed by atoms with van der Waals surface area (Å²) in [5.74, 6) is -2.81. The fourth-order valence-electron chi connectivity index (χ4n) is 2.00. The third-order valence-corrected chi connectivity index (χ3v) is 3.40. The van der Waals surface area contributed by atoms with E-state index in [0.29, 0.717) is 5.56 Å². The van der Waals surface area contributed by atoms with Crippen LogP contribution in [-0.4, -0.2) is 17.9 Å². The second kappa shape index (κ2) is 5.99. The first kappa shape index (κ1) is 15.1. The molecule has 0 spiro atoms.